The van der Waals surface area contributed by atoms with Crippen molar-refractivity contribution in [2.75, 3.05) is 5.32 Å². The molecule has 1 amide bonds. The molecule has 4 rings (SSSR count). The molecule has 0 radical (unpaired) electrons. The predicted molar refractivity (Wildman–Crippen MR) is 121 cm³/mol. The summed E-state index contributed by atoms with van der Waals surface area (Å²) in [4.78, 5) is 26.2. The van der Waals surface area contributed by atoms with Gasteiger partial charge in [-0.1, -0.05) is 30.7 Å². The molecule has 1 unspecified atom stereocenters. The van der Waals surface area contributed by atoms with Crippen molar-refractivity contribution in [3.8, 4) is 5.75 Å². The number of para-hydroxylation sites is 1. The molecule has 1 N–H and O–H groups in total. The molecule has 0 saturated carbocycles. The Morgan fingerprint density at radius 2 is 1.72 bits per heavy atom. The fourth-order valence-electron chi connectivity index (χ4n) is 3.27. The maximum Gasteiger partial charge on any atom is 0.265 e. The molecule has 0 bridgehead atoms. The summed E-state index contributed by atoms with van der Waals surface area (Å²) in [5.41, 5.74) is 1.11. The second kappa shape index (κ2) is 9.24. The van der Waals surface area contributed by atoms with Gasteiger partial charge in [-0.05, 0) is 67.1 Å². The van der Waals surface area contributed by atoms with E-state index in [1.807, 2.05) is 0 Å². The van der Waals surface area contributed by atoms with Crippen molar-refractivity contribution < 1.29 is 23.1 Å². The number of nitrogens with one attached hydrogen (secondary N) is 1. The molecule has 0 saturated heterocycles. The highest BCUT2D eigenvalue weighted by Crippen LogP contribution is 2.33. The number of rotatable bonds is 7. The lowest BCUT2D eigenvalue weighted by Crippen LogP contribution is -2.32. The number of benzene rings is 3. The van der Waals surface area contributed by atoms with Crippen LogP contribution >= 0.6 is 11.6 Å². The van der Waals surface area contributed by atoms with Gasteiger partial charge in [-0.25, -0.2) is 4.39 Å². The highest BCUT2D eigenvalue weighted by Gasteiger charge is 2.26. The number of hydrogen-bond donors (Lipinski definition) is 1. The normalized spacial score (nSPS) is 11.8. The van der Waals surface area contributed by atoms with Gasteiger partial charge in [0, 0.05) is 16.0 Å². The Kier molecular flexibility index (Phi) is 6.23. The van der Waals surface area contributed by atoms with Gasteiger partial charge >= 0.3 is 0 Å². The number of amides is 1. The van der Waals surface area contributed by atoms with Crippen LogP contribution in [-0.2, 0) is 4.79 Å². The summed E-state index contributed by atoms with van der Waals surface area (Å²) in [5.74, 6) is -0.860. The molecule has 0 aliphatic heterocycles. The average Bonchev–Trinajstić information content (AvgIpc) is 3.17. The lowest BCUT2D eigenvalue weighted by molar-refractivity contribution is -0.122. The van der Waals surface area contributed by atoms with E-state index in [1.165, 1.54) is 24.3 Å². The van der Waals surface area contributed by atoms with E-state index in [0.717, 1.165) is 0 Å². The number of hydrogen-bond acceptors (Lipinski definition) is 4. The molecule has 4 aromatic rings. The van der Waals surface area contributed by atoms with E-state index in [9.17, 15) is 14.0 Å². The van der Waals surface area contributed by atoms with Crippen LogP contribution in [0.25, 0.3) is 11.0 Å². The Bertz CT molecular complexity index is 1270. The van der Waals surface area contributed by atoms with Crippen molar-refractivity contribution in [2.24, 2.45) is 0 Å². The first-order valence-corrected chi connectivity index (χ1v) is 10.4. The van der Waals surface area contributed by atoms with E-state index in [2.05, 4.69) is 5.32 Å². The first-order valence-electron chi connectivity index (χ1n) is 10.0. The number of ketones is 1. The Hall–Kier alpha value is -3.64. The minimum Gasteiger partial charge on any atom is -0.481 e. The first-order chi connectivity index (χ1) is 15.5. The molecule has 0 aliphatic carbocycles. The van der Waals surface area contributed by atoms with E-state index in [1.54, 1.807) is 55.5 Å². The lowest BCUT2D eigenvalue weighted by Gasteiger charge is -2.17. The van der Waals surface area contributed by atoms with Gasteiger partial charge in [-0.3, -0.25) is 9.59 Å². The minimum absolute atomic E-state index is 0.0125. The summed E-state index contributed by atoms with van der Waals surface area (Å²) in [7, 11) is 0. The summed E-state index contributed by atoms with van der Waals surface area (Å²) >= 11 is 5.93. The fourth-order valence-corrected chi connectivity index (χ4v) is 3.39. The zero-order valence-corrected chi connectivity index (χ0v) is 17.9. The number of ether oxygens (including phenoxy) is 1. The minimum atomic E-state index is -0.854. The van der Waals surface area contributed by atoms with Gasteiger partial charge in [0.2, 0.25) is 5.78 Å². The van der Waals surface area contributed by atoms with Crippen molar-refractivity contribution in [3.63, 3.8) is 0 Å². The third kappa shape index (κ3) is 4.50. The number of carbonyl (C=O) groups excluding carboxylic acids is 2. The van der Waals surface area contributed by atoms with Crippen LogP contribution in [0.1, 0.15) is 29.5 Å². The van der Waals surface area contributed by atoms with Crippen molar-refractivity contribution >= 4 is 39.9 Å². The Balaban J connectivity index is 1.65. The van der Waals surface area contributed by atoms with E-state index in [-0.39, 0.29) is 17.2 Å². The van der Waals surface area contributed by atoms with Gasteiger partial charge in [-0.15, -0.1) is 0 Å². The Morgan fingerprint density at radius 1 is 1.03 bits per heavy atom. The topological polar surface area (TPSA) is 68.5 Å². The van der Waals surface area contributed by atoms with Crippen molar-refractivity contribution in [3.05, 3.63) is 95.0 Å². The fraction of sp³-hybridized carbons (Fsp3) is 0.120. The molecule has 3 aromatic carbocycles. The van der Waals surface area contributed by atoms with Gasteiger partial charge in [0.15, 0.2) is 11.9 Å². The molecule has 1 aromatic heterocycles. The first kappa shape index (κ1) is 21.6. The van der Waals surface area contributed by atoms with Crippen LogP contribution in [-0.4, -0.2) is 17.8 Å². The summed E-state index contributed by atoms with van der Waals surface area (Å²) in [6.07, 6.45) is -0.493. The molecule has 0 spiro atoms. The van der Waals surface area contributed by atoms with Crippen molar-refractivity contribution in [1.82, 2.24) is 0 Å². The number of halogens is 2. The van der Waals surface area contributed by atoms with Crippen LogP contribution < -0.4 is 10.1 Å². The van der Waals surface area contributed by atoms with Gasteiger partial charge in [0.25, 0.3) is 5.91 Å². The lowest BCUT2D eigenvalue weighted by atomic mass is 10.1. The van der Waals surface area contributed by atoms with Crippen LogP contribution in [0.15, 0.2) is 77.2 Å². The largest absolute Gasteiger partial charge is 0.481 e. The Morgan fingerprint density at radius 3 is 2.41 bits per heavy atom. The van der Waals surface area contributed by atoms with Crippen LogP contribution in [0.4, 0.5) is 10.1 Å². The molecule has 5 nitrogen and oxygen atoms in total. The van der Waals surface area contributed by atoms with Crippen LogP contribution in [0, 0.1) is 5.82 Å². The quantitative estimate of drug-likeness (QED) is 0.337. The maximum absolute atomic E-state index is 13.2. The second-order valence-electron chi connectivity index (χ2n) is 7.10. The average molecular weight is 452 g/mol. The monoisotopic (exact) mass is 451 g/mol. The molecular formula is C25H19ClFNO4. The van der Waals surface area contributed by atoms with E-state index < -0.39 is 17.8 Å². The van der Waals surface area contributed by atoms with Crippen molar-refractivity contribution in [2.45, 2.75) is 19.4 Å². The molecule has 32 heavy (non-hydrogen) atoms. The highest BCUT2D eigenvalue weighted by atomic mass is 35.5. The molecule has 7 heteroatoms. The molecule has 0 fully saturated rings. The molecule has 1 atom stereocenters. The molecule has 0 aliphatic rings. The third-order valence-corrected chi connectivity index (χ3v) is 5.16. The molecule has 1 heterocycles. The number of furan rings is 1. The molecular weight excluding hydrogens is 433 g/mol. The van der Waals surface area contributed by atoms with Gasteiger partial charge in [0.05, 0.1) is 5.69 Å². The van der Waals surface area contributed by atoms with Crippen LogP contribution in [0.2, 0.25) is 5.02 Å². The van der Waals surface area contributed by atoms with E-state index in [4.69, 9.17) is 20.8 Å². The van der Waals surface area contributed by atoms with Crippen LogP contribution in [0.3, 0.4) is 0 Å². The standard InChI is InChI=1S/C25H19ClFNO4/c1-2-20(31-18-13-11-17(27)12-14-18)25(30)28-22-19-5-3-4-6-21(19)32-24(22)23(29)15-7-9-16(26)10-8-15/h3-14,20H,2H2,1H3,(H,28,30). The number of fused-ring (bicyclic) bond motifs is 1. The van der Waals surface area contributed by atoms with Gasteiger partial charge < -0.3 is 14.5 Å². The third-order valence-electron chi connectivity index (χ3n) is 4.91. The second-order valence-corrected chi connectivity index (χ2v) is 7.53. The van der Waals surface area contributed by atoms with Gasteiger partial charge in [-0.2, -0.15) is 0 Å². The summed E-state index contributed by atoms with van der Waals surface area (Å²) in [5, 5.41) is 3.90. The molecule has 162 valence electrons. The van der Waals surface area contributed by atoms with Crippen molar-refractivity contribution in [1.29, 1.82) is 0 Å². The smallest absolute Gasteiger partial charge is 0.265 e. The SMILES string of the molecule is CCC(Oc1ccc(F)cc1)C(=O)Nc1c(C(=O)c2ccc(Cl)cc2)oc2ccccc12. The van der Waals surface area contributed by atoms with E-state index in [0.29, 0.717) is 33.7 Å². The number of anilines is 1. The summed E-state index contributed by atoms with van der Waals surface area (Å²) in [6, 6.07) is 18.9. The highest BCUT2D eigenvalue weighted by molar-refractivity contribution is 6.30. The van der Waals surface area contributed by atoms with Crippen LogP contribution in [0.5, 0.6) is 5.75 Å². The zero-order valence-electron chi connectivity index (χ0n) is 17.1. The zero-order chi connectivity index (χ0) is 22.7. The van der Waals surface area contributed by atoms with E-state index >= 15 is 0 Å². The predicted octanol–water partition coefficient (Wildman–Crippen LogP) is 6.25. The van der Waals surface area contributed by atoms with Gasteiger partial charge in [0.1, 0.15) is 17.1 Å². The summed E-state index contributed by atoms with van der Waals surface area (Å²) in [6.45, 7) is 1.79. The number of carbonyl (C=O) groups is 2. The maximum atomic E-state index is 13.2. The summed E-state index contributed by atoms with van der Waals surface area (Å²) < 4.78 is 24.7. The Labute approximate surface area is 188 Å².